The summed E-state index contributed by atoms with van der Waals surface area (Å²) in [6.07, 6.45) is 2.05. The molecule has 4 rings (SSSR count). The van der Waals surface area contributed by atoms with Crippen LogP contribution in [0.5, 0.6) is 0 Å². The first-order valence-electron chi connectivity index (χ1n) is 11.9. The van der Waals surface area contributed by atoms with Crippen molar-refractivity contribution in [2.75, 3.05) is 13.7 Å². The highest BCUT2D eigenvalue weighted by Crippen LogP contribution is 2.23. The second-order valence-electron chi connectivity index (χ2n) is 8.38. The lowest BCUT2D eigenvalue weighted by atomic mass is 10.1. The molecule has 1 atom stereocenters. The molecule has 0 fully saturated rings. The molecule has 1 unspecified atom stereocenters. The Labute approximate surface area is 211 Å². The van der Waals surface area contributed by atoms with Crippen LogP contribution in [0.15, 0.2) is 97.1 Å². The molecule has 180 valence electrons. The number of carbonyl (C=O) groups is 1. The molecule has 0 spiro atoms. The van der Waals surface area contributed by atoms with Gasteiger partial charge in [0.15, 0.2) is 0 Å². The van der Waals surface area contributed by atoms with E-state index in [1.165, 1.54) is 22.4 Å². The van der Waals surface area contributed by atoms with E-state index in [2.05, 4.69) is 59.9 Å². The molecule has 0 bridgehead atoms. The molecule has 0 amide bonds. The van der Waals surface area contributed by atoms with Crippen molar-refractivity contribution >= 4 is 17.3 Å². The van der Waals surface area contributed by atoms with Gasteiger partial charge in [0.1, 0.15) is 0 Å². The summed E-state index contributed by atoms with van der Waals surface area (Å²) in [5.41, 5.74) is 4.18. The Bertz CT molecular complexity index is 1170. The van der Waals surface area contributed by atoms with Crippen LogP contribution in [0.2, 0.25) is 0 Å². The lowest BCUT2D eigenvalue weighted by Gasteiger charge is -2.19. The first-order chi connectivity index (χ1) is 17.2. The van der Waals surface area contributed by atoms with E-state index in [0.717, 1.165) is 24.0 Å². The summed E-state index contributed by atoms with van der Waals surface area (Å²) in [6.45, 7) is 1.97. The summed E-state index contributed by atoms with van der Waals surface area (Å²) in [7, 11) is 1.39. The van der Waals surface area contributed by atoms with Crippen molar-refractivity contribution in [1.29, 1.82) is 0 Å². The van der Waals surface area contributed by atoms with Crippen LogP contribution in [0.3, 0.4) is 0 Å². The maximum absolute atomic E-state index is 11.6. The molecule has 1 N–H and O–H groups in total. The Hall–Kier alpha value is -3.25. The van der Waals surface area contributed by atoms with E-state index >= 15 is 0 Å². The molecular weight excluding hydrogens is 454 g/mol. The Kier molecular flexibility index (Phi) is 9.24. The maximum Gasteiger partial charge on any atom is 0.337 e. The molecule has 4 nitrogen and oxygen atoms in total. The Morgan fingerprint density at radius 2 is 1.49 bits per heavy atom. The fourth-order valence-corrected chi connectivity index (χ4v) is 4.83. The summed E-state index contributed by atoms with van der Waals surface area (Å²) < 4.78 is 11.1. The van der Waals surface area contributed by atoms with E-state index in [4.69, 9.17) is 9.47 Å². The zero-order valence-electron chi connectivity index (χ0n) is 20.0. The van der Waals surface area contributed by atoms with Crippen LogP contribution < -0.4 is 5.32 Å². The summed E-state index contributed by atoms with van der Waals surface area (Å²) in [6, 6.07) is 32.8. The quantitative estimate of drug-likeness (QED) is 0.237. The highest BCUT2D eigenvalue weighted by atomic mass is 32.1. The van der Waals surface area contributed by atoms with Crippen LogP contribution in [0.1, 0.15) is 42.9 Å². The molecule has 5 heteroatoms. The van der Waals surface area contributed by atoms with Crippen molar-refractivity contribution in [3.63, 3.8) is 0 Å². The minimum absolute atomic E-state index is 0.0552. The zero-order valence-corrected chi connectivity index (χ0v) is 20.8. The van der Waals surface area contributed by atoms with Gasteiger partial charge in [0.2, 0.25) is 0 Å². The molecule has 0 radical (unpaired) electrons. The van der Waals surface area contributed by atoms with Crippen LogP contribution in [0.25, 0.3) is 0 Å². The summed E-state index contributed by atoms with van der Waals surface area (Å²) in [5.74, 6) is -0.321. The third-order valence-corrected chi connectivity index (χ3v) is 6.97. The van der Waals surface area contributed by atoms with Gasteiger partial charge in [0.25, 0.3) is 0 Å². The van der Waals surface area contributed by atoms with E-state index in [1.807, 2.05) is 41.7 Å². The van der Waals surface area contributed by atoms with Gasteiger partial charge in [-0.2, -0.15) is 0 Å². The normalized spacial score (nSPS) is 11.8. The Morgan fingerprint density at radius 1 is 0.800 bits per heavy atom. The van der Waals surface area contributed by atoms with Gasteiger partial charge in [-0.15, -0.1) is 11.3 Å². The first-order valence-corrected chi connectivity index (χ1v) is 12.7. The number of methoxy groups -OCH3 is 1. The van der Waals surface area contributed by atoms with Crippen molar-refractivity contribution in [2.45, 2.75) is 32.1 Å². The van der Waals surface area contributed by atoms with E-state index in [-0.39, 0.29) is 12.1 Å². The Morgan fingerprint density at radius 3 is 2.20 bits per heavy atom. The van der Waals surface area contributed by atoms with Crippen molar-refractivity contribution in [3.05, 3.63) is 129 Å². The van der Waals surface area contributed by atoms with E-state index < -0.39 is 0 Å². The predicted molar refractivity (Wildman–Crippen MR) is 142 cm³/mol. The third-order valence-electron chi connectivity index (χ3n) is 5.85. The van der Waals surface area contributed by atoms with Gasteiger partial charge in [-0.1, -0.05) is 72.8 Å². The second kappa shape index (κ2) is 13.0. The Balaban J connectivity index is 1.30. The smallest absolute Gasteiger partial charge is 0.337 e. The van der Waals surface area contributed by atoms with Gasteiger partial charge < -0.3 is 14.8 Å². The number of esters is 1. The first kappa shape index (κ1) is 24.9. The van der Waals surface area contributed by atoms with Crippen molar-refractivity contribution in [2.24, 2.45) is 0 Å². The predicted octanol–water partition coefficient (Wildman–Crippen LogP) is 6.37. The molecule has 0 aliphatic carbocycles. The van der Waals surface area contributed by atoms with Gasteiger partial charge in [-0.3, -0.25) is 0 Å². The molecule has 1 aromatic heterocycles. The molecular formula is C30H31NO3S. The van der Waals surface area contributed by atoms with Crippen LogP contribution in [-0.4, -0.2) is 19.6 Å². The van der Waals surface area contributed by atoms with E-state index in [1.54, 1.807) is 12.1 Å². The minimum Gasteiger partial charge on any atom is -0.465 e. The number of ether oxygens (including phenoxy) is 2. The van der Waals surface area contributed by atoms with Crippen molar-refractivity contribution in [1.82, 2.24) is 5.32 Å². The fraction of sp³-hybridized carbons (Fsp3) is 0.233. The number of thiophene rings is 1. The van der Waals surface area contributed by atoms with Gasteiger partial charge in [-0.25, -0.2) is 4.79 Å². The number of rotatable bonds is 12. The van der Waals surface area contributed by atoms with Gasteiger partial charge in [0, 0.05) is 22.8 Å². The average Bonchev–Trinajstić information content (AvgIpc) is 3.38. The third kappa shape index (κ3) is 7.62. The molecule has 0 saturated heterocycles. The number of aryl methyl sites for hydroxylation is 2. The van der Waals surface area contributed by atoms with Gasteiger partial charge in [0.05, 0.1) is 25.4 Å². The summed E-state index contributed by atoms with van der Waals surface area (Å²) in [5, 5.41) is 3.51. The van der Waals surface area contributed by atoms with Gasteiger partial charge >= 0.3 is 5.97 Å². The monoisotopic (exact) mass is 485 g/mol. The lowest BCUT2D eigenvalue weighted by molar-refractivity contribution is 0.0411. The van der Waals surface area contributed by atoms with Crippen molar-refractivity contribution in [3.8, 4) is 0 Å². The van der Waals surface area contributed by atoms with Crippen molar-refractivity contribution < 1.29 is 14.3 Å². The SMILES string of the molecule is COC(=O)c1ccc(CNCC(OCc2ccc(CCc3ccccc3)s2)c2ccccc2)cc1. The van der Waals surface area contributed by atoms with E-state index in [9.17, 15) is 4.79 Å². The average molecular weight is 486 g/mol. The van der Waals surface area contributed by atoms with Crippen LogP contribution in [-0.2, 0) is 35.5 Å². The molecule has 0 aliphatic rings. The molecule has 3 aromatic carbocycles. The lowest BCUT2D eigenvalue weighted by Crippen LogP contribution is -2.23. The number of carbonyl (C=O) groups excluding carboxylic acids is 1. The fourth-order valence-electron chi connectivity index (χ4n) is 3.89. The standard InChI is InChI=1S/C30H31NO3S/c1-33-30(32)26-15-12-24(13-16-26)20-31-21-29(25-10-6-3-7-11-25)34-22-28-19-18-27(35-28)17-14-23-8-4-2-5-9-23/h2-13,15-16,18-19,29,31H,14,17,20-22H2,1H3. The van der Waals surface area contributed by atoms with Gasteiger partial charge in [-0.05, 0) is 53.8 Å². The van der Waals surface area contributed by atoms with Crippen LogP contribution in [0, 0.1) is 0 Å². The maximum atomic E-state index is 11.6. The van der Waals surface area contributed by atoms with Crippen LogP contribution in [0.4, 0.5) is 0 Å². The zero-order chi connectivity index (χ0) is 24.3. The number of nitrogens with one attached hydrogen (secondary N) is 1. The molecule has 35 heavy (non-hydrogen) atoms. The van der Waals surface area contributed by atoms with Crippen LogP contribution >= 0.6 is 11.3 Å². The second-order valence-corrected chi connectivity index (χ2v) is 9.64. The molecule has 4 aromatic rings. The number of hydrogen-bond donors (Lipinski definition) is 1. The number of benzene rings is 3. The number of hydrogen-bond acceptors (Lipinski definition) is 5. The molecule has 0 aliphatic heterocycles. The molecule has 0 saturated carbocycles. The highest BCUT2D eigenvalue weighted by molar-refractivity contribution is 7.11. The molecule has 1 heterocycles. The largest absolute Gasteiger partial charge is 0.465 e. The summed E-state index contributed by atoms with van der Waals surface area (Å²) in [4.78, 5) is 14.3. The highest BCUT2D eigenvalue weighted by Gasteiger charge is 2.13. The topological polar surface area (TPSA) is 47.6 Å². The minimum atomic E-state index is -0.321. The van der Waals surface area contributed by atoms with E-state index in [0.29, 0.717) is 25.3 Å². The summed E-state index contributed by atoms with van der Waals surface area (Å²) >= 11 is 1.83.